The van der Waals surface area contributed by atoms with E-state index in [1.807, 2.05) is 38.0 Å². The van der Waals surface area contributed by atoms with Gasteiger partial charge in [0.15, 0.2) is 5.96 Å². The second-order valence-corrected chi connectivity index (χ2v) is 5.23. The number of aliphatic imine (C=N–C) groups is 1. The number of alkyl halides is 2. The highest BCUT2D eigenvalue weighted by atomic mass is 19.3. The number of rotatable bonds is 2. The van der Waals surface area contributed by atoms with E-state index in [2.05, 4.69) is 4.99 Å². The molecular weight excluding hydrogens is 224 g/mol. The van der Waals surface area contributed by atoms with Crippen molar-refractivity contribution >= 4 is 5.96 Å². The smallest absolute Gasteiger partial charge is 0.248 e. The molecule has 0 aliphatic heterocycles. The minimum absolute atomic E-state index is 0.0203. The number of guanidine groups is 1. The lowest BCUT2D eigenvalue weighted by Crippen LogP contribution is -2.36. The molecule has 0 saturated heterocycles. The number of hydrogen-bond donors (Lipinski definition) is 0. The third kappa shape index (κ3) is 4.48. The van der Waals surface area contributed by atoms with E-state index in [0.717, 1.165) is 5.96 Å². The first-order chi connectivity index (χ1) is 7.82. The van der Waals surface area contributed by atoms with E-state index < -0.39 is 5.92 Å². The van der Waals surface area contributed by atoms with Gasteiger partial charge >= 0.3 is 0 Å². The molecule has 0 atom stereocenters. The van der Waals surface area contributed by atoms with Gasteiger partial charge in [0.05, 0.1) is 0 Å². The Morgan fingerprint density at radius 2 is 1.59 bits per heavy atom. The van der Waals surface area contributed by atoms with Gasteiger partial charge < -0.3 is 9.80 Å². The first kappa shape index (κ1) is 14.2. The highest BCUT2D eigenvalue weighted by Crippen LogP contribution is 2.36. The number of hydrogen-bond acceptors (Lipinski definition) is 1. The zero-order valence-corrected chi connectivity index (χ0v) is 11.2. The predicted molar refractivity (Wildman–Crippen MR) is 66.6 cm³/mol. The summed E-state index contributed by atoms with van der Waals surface area (Å²) in [6.45, 7) is 0.655. The Morgan fingerprint density at radius 1 is 1.12 bits per heavy atom. The van der Waals surface area contributed by atoms with Crippen molar-refractivity contribution in [2.24, 2.45) is 10.9 Å². The van der Waals surface area contributed by atoms with Gasteiger partial charge in [-0.25, -0.2) is 8.78 Å². The Hall–Kier alpha value is -0.870. The molecule has 1 rings (SSSR count). The van der Waals surface area contributed by atoms with Crippen molar-refractivity contribution in [3.05, 3.63) is 0 Å². The molecule has 100 valence electrons. The SMILES string of the molecule is CN(C)C(=NCC1CCC(F)(F)CC1)N(C)C. The second kappa shape index (κ2) is 5.65. The molecule has 1 saturated carbocycles. The minimum atomic E-state index is -2.44. The van der Waals surface area contributed by atoms with Crippen LogP contribution in [0.4, 0.5) is 8.78 Å². The zero-order chi connectivity index (χ0) is 13.1. The molecule has 17 heavy (non-hydrogen) atoms. The third-order valence-electron chi connectivity index (χ3n) is 3.13. The van der Waals surface area contributed by atoms with Gasteiger partial charge in [-0.1, -0.05) is 0 Å². The molecule has 1 fully saturated rings. The highest BCUT2D eigenvalue weighted by molar-refractivity contribution is 5.79. The lowest BCUT2D eigenvalue weighted by Gasteiger charge is -2.28. The van der Waals surface area contributed by atoms with Crippen LogP contribution in [0.25, 0.3) is 0 Å². The summed E-state index contributed by atoms with van der Waals surface area (Å²) >= 11 is 0. The van der Waals surface area contributed by atoms with Crippen LogP contribution in [0.5, 0.6) is 0 Å². The van der Waals surface area contributed by atoms with Gasteiger partial charge in [-0.3, -0.25) is 4.99 Å². The van der Waals surface area contributed by atoms with Crippen molar-refractivity contribution in [1.29, 1.82) is 0 Å². The van der Waals surface area contributed by atoms with Gasteiger partial charge in [0, 0.05) is 47.6 Å². The quantitative estimate of drug-likeness (QED) is 0.551. The fourth-order valence-corrected chi connectivity index (χ4v) is 2.18. The average Bonchev–Trinajstić information content (AvgIpc) is 2.19. The molecule has 0 aromatic carbocycles. The normalized spacial score (nSPS) is 19.9. The summed E-state index contributed by atoms with van der Waals surface area (Å²) in [5.41, 5.74) is 0. The molecule has 0 amide bonds. The average molecular weight is 247 g/mol. The molecule has 3 nitrogen and oxygen atoms in total. The van der Waals surface area contributed by atoms with Crippen LogP contribution in [0.3, 0.4) is 0 Å². The summed E-state index contributed by atoms with van der Waals surface area (Å²) in [5, 5.41) is 0. The van der Waals surface area contributed by atoms with Gasteiger partial charge in [0.1, 0.15) is 0 Å². The molecule has 0 unspecified atom stereocenters. The van der Waals surface area contributed by atoms with Crippen LogP contribution < -0.4 is 0 Å². The topological polar surface area (TPSA) is 18.8 Å². The van der Waals surface area contributed by atoms with E-state index in [9.17, 15) is 8.78 Å². The summed E-state index contributed by atoms with van der Waals surface area (Å²) in [5.74, 6) is -1.24. The summed E-state index contributed by atoms with van der Waals surface area (Å²) in [6.07, 6.45) is 1.22. The van der Waals surface area contributed by atoms with Gasteiger partial charge in [-0.05, 0) is 18.8 Å². The molecular formula is C12H23F2N3. The van der Waals surface area contributed by atoms with Crippen molar-refractivity contribution in [2.45, 2.75) is 31.6 Å². The maximum absolute atomic E-state index is 13.0. The Balaban J connectivity index is 2.47. The Morgan fingerprint density at radius 3 is 2.00 bits per heavy atom. The van der Waals surface area contributed by atoms with Crippen molar-refractivity contribution < 1.29 is 8.78 Å². The molecule has 0 N–H and O–H groups in total. The number of nitrogens with zero attached hydrogens (tertiary/aromatic N) is 3. The molecule has 5 heteroatoms. The summed E-state index contributed by atoms with van der Waals surface area (Å²) in [7, 11) is 7.75. The third-order valence-corrected chi connectivity index (χ3v) is 3.13. The highest BCUT2D eigenvalue weighted by Gasteiger charge is 2.34. The summed E-state index contributed by atoms with van der Waals surface area (Å²) in [4.78, 5) is 8.40. The lowest BCUT2D eigenvalue weighted by molar-refractivity contribution is -0.0446. The maximum Gasteiger partial charge on any atom is 0.248 e. The zero-order valence-electron chi connectivity index (χ0n) is 11.2. The van der Waals surface area contributed by atoms with Crippen LogP contribution in [-0.4, -0.2) is 56.4 Å². The van der Waals surface area contributed by atoms with Crippen LogP contribution in [0, 0.1) is 5.92 Å². The molecule has 0 aromatic rings. The van der Waals surface area contributed by atoms with Crippen molar-refractivity contribution in [3.63, 3.8) is 0 Å². The van der Waals surface area contributed by atoms with Crippen LogP contribution in [0.15, 0.2) is 4.99 Å². The Labute approximate surface area is 102 Å². The van der Waals surface area contributed by atoms with Crippen LogP contribution >= 0.6 is 0 Å². The van der Waals surface area contributed by atoms with Crippen LogP contribution in [0.2, 0.25) is 0 Å². The molecule has 0 bridgehead atoms. The molecule has 0 spiro atoms. The first-order valence-corrected chi connectivity index (χ1v) is 6.09. The molecule has 0 aromatic heterocycles. The predicted octanol–water partition coefficient (Wildman–Crippen LogP) is 2.29. The molecule has 1 aliphatic rings. The van der Waals surface area contributed by atoms with Gasteiger partial charge in [0.2, 0.25) is 5.92 Å². The van der Waals surface area contributed by atoms with E-state index in [1.54, 1.807) is 0 Å². The molecule has 0 heterocycles. The Kier molecular flexibility index (Phi) is 4.71. The Bertz CT molecular complexity index is 255. The number of halogens is 2. The molecule has 0 radical (unpaired) electrons. The monoisotopic (exact) mass is 247 g/mol. The van der Waals surface area contributed by atoms with Crippen LogP contribution in [0.1, 0.15) is 25.7 Å². The van der Waals surface area contributed by atoms with E-state index in [-0.39, 0.29) is 12.8 Å². The van der Waals surface area contributed by atoms with E-state index >= 15 is 0 Å². The van der Waals surface area contributed by atoms with Gasteiger partial charge in [-0.15, -0.1) is 0 Å². The maximum atomic E-state index is 13.0. The van der Waals surface area contributed by atoms with Crippen molar-refractivity contribution in [3.8, 4) is 0 Å². The van der Waals surface area contributed by atoms with Gasteiger partial charge in [0.25, 0.3) is 0 Å². The summed E-state index contributed by atoms with van der Waals surface area (Å²) < 4.78 is 26.0. The fourth-order valence-electron chi connectivity index (χ4n) is 2.18. The largest absolute Gasteiger partial charge is 0.349 e. The first-order valence-electron chi connectivity index (χ1n) is 6.09. The van der Waals surface area contributed by atoms with Crippen LogP contribution in [-0.2, 0) is 0 Å². The standard InChI is InChI=1S/C12H23F2N3/c1-16(2)11(17(3)4)15-9-10-5-7-12(13,14)8-6-10/h10H,5-9H2,1-4H3. The van der Waals surface area contributed by atoms with Crippen molar-refractivity contribution in [2.75, 3.05) is 34.7 Å². The minimum Gasteiger partial charge on any atom is -0.349 e. The lowest BCUT2D eigenvalue weighted by atomic mass is 9.87. The van der Waals surface area contributed by atoms with E-state index in [0.29, 0.717) is 25.3 Å². The fraction of sp³-hybridized carbons (Fsp3) is 0.917. The van der Waals surface area contributed by atoms with Crippen molar-refractivity contribution in [1.82, 2.24) is 9.80 Å². The summed E-state index contributed by atoms with van der Waals surface area (Å²) in [6, 6.07) is 0. The van der Waals surface area contributed by atoms with E-state index in [4.69, 9.17) is 0 Å². The van der Waals surface area contributed by atoms with Gasteiger partial charge in [-0.2, -0.15) is 0 Å². The van der Waals surface area contributed by atoms with E-state index in [1.165, 1.54) is 0 Å². The molecule has 1 aliphatic carbocycles. The second-order valence-electron chi connectivity index (χ2n) is 5.23.